The van der Waals surface area contributed by atoms with Gasteiger partial charge in [-0.3, -0.25) is 10.1 Å². The van der Waals surface area contributed by atoms with Crippen LogP contribution in [0.25, 0.3) is 0 Å². The van der Waals surface area contributed by atoms with E-state index in [2.05, 4.69) is 5.32 Å². The lowest BCUT2D eigenvalue weighted by Gasteiger charge is -2.17. The zero-order chi connectivity index (χ0) is 19.5. The summed E-state index contributed by atoms with van der Waals surface area (Å²) in [5.74, 6) is -0.579. The number of hydrogen-bond donors (Lipinski definition) is 1. The van der Waals surface area contributed by atoms with Crippen molar-refractivity contribution in [3.8, 4) is 5.75 Å². The molecular formula is C16H18FN3O5S. The Kier molecular flexibility index (Phi) is 5.78. The number of ether oxygens (including phenoxy) is 1. The first kappa shape index (κ1) is 19.6. The highest BCUT2D eigenvalue weighted by Crippen LogP contribution is 2.33. The summed E-state index contributed by atoms with van der Waals surface area (Å²) < 4.78 is 44.7. The highest BCUT2D eigenvalue weighted by atomic mass is 32.2. The van der Waals surface area contributed by atoms with Gasteiger partial charge in [-0.15, -0.1) is 0 Å². The summed E-state index contributed by atoms with van der Waals surface area (Å²) in [5.41, 5.74) is -0.145. The number of benzene rings is 2. The molecule has 0 saturated heterocycles. The van der Waals surface area contributed by atoms with Crippen LogP contribution < -0.4 is 10.1 Å². The molecule has 8 nitrogen and oxygen atoms in total. The molecule has 140 valence electrons. The van der Waals surface area contributed by atoms with E-state index in [9.17, 15) is 22.9 Å². The lowest BCUT2D eigenvalue weighted by molar-refractivity contribution is -0.384. The molecule has 2 aromatic rings. The highest BCUT2D eigenvalue weighted by Gasteiger charge is 2.23. The molecule has 10 heteroatoms. The minimum Gasteiger partial charge on any atom is -0.492 e. The van der Waals surface area contributed by atoms with Crippen molar-refractivity contribution in [1.82, 2.24) is 4.31 Å². The Morgan fingerprint density at radius 1 is 1.23 bits per heavy atom. The van der Waals surface area contributed by atoms with E-state index in [1.807, 2.05) is 0 Å². The van der Waals surface area contributed by atoms with Crippen LogP contribution in [-0.4, -0.2) is 38.3 Å². The summed E-state index contributed by atoms with van der Waals surface area (Å²) in [5, 5.41) is 13.9. The van der Waals surface area contributed by atoms with Gasteiger partial charge in [0.15, 0.2) is 0 Å². The molecule has 0 aliphatic rings. The van der Waals surface area contributed by atoms with Crippen molar-refractivity contribution in [2.75, 3.05) is 26.0 Å². The zero-order valence-electron chi connectivity index (χ0n) is 14.4. The van der Waals surface area contributed by atoms with Gasteiger partial charge in [0, 0.05) is 19.8 Å². The molecule has 1 N–H and O–H groups in total. The van der Waals surface area contributed by atoms with E-state index < -0.39 is 26.5 Å². The van der Waals surface area contributed by atoms with Crippen LogP contribution in [0.1, 0.15) is 6.92 Å². The van der Waals surface area contributed by atoms with Gasteiger partial charge in [-0.25, -0.2) is 17.1 Å². The number of nitrogens with one attached hydrogen (secondary N) is 1. The van der Waals surface area contributed by atoms with Gasteiger partial charge in [-0.2, -0.15) is 0 Å². The van der Waals surface area contributed by atoms with Crippen LogP contribution >= 0.6 is 0 Å². The zero-order valence-corrected chi connectivity index (χ0v) is 15.2. The Bertz CT molecular complexity index is 931. The lowest BCUT2D eigenvalue weighted by atomic mass is 10.2. The first-order valence-electron chi connectivity index (χ1n) is 7.57. The molecule has 2 aromatic carbocycles. The number of nitro benzene ring substituents is 1. The van der Waals surface area contributed by atoms with E-state index in [-0.39, 0.29) is 28.6 Å². The lowest BCUT2D eigenvalue weighted by Crippen LogP contribution is -2.23. The molecule has 0 heterocycles. The number of rotatable bonds is 7. The number of anilines is 2. The molecule has 0 aliphatic heterocycles. The first-order valence-corrected chi connectivity index (χ1v) is 9.01. The van der Waals surface area contributed by atoms with E-state index in [1.165, 1.54) is 38.4 Å². The fraction of sp³-hybridized carbons (Fsp3) is 0.250. The standard InChI is InChI=1S/C16H18FN3O5S/c1-4-25-15-8-6-12(10-16(15)26(23,24)19(2)3)18-13-7-5-11(17)9-14(13)20(21)22/h5-10,18H,4H2,1-3H3. The summed E-state index contributed by atoms with van der Waals surface area (Å²) in [6.45, 7) is 1.99. The maximum atomic E-state index is 13.3. The van der Waals surface area contributed by atoms with Crippen LogP contribution in [0.15, 0.2) is 41.3 Å². The number of hydrogen-bond acceptors (Lipinski definition) is 6. The Morgan fingerprint density at radius 3 is 2.50 bits per heavy atom. The van der Waals surface area contributed by atoms with Crippen molar-refractivity contribution in [3.05, 3.63) is 52.3 Å². The van der Waals surface area contributed by atoms with Crippen LogP contribution in [0.3, 0.4) is 0 Å². The van der Waals surface area contributed by atoms with Crippen molar-refractivity contribution >= 4 is 27.1 Å². The van der Waals surface area contributed by atoms with Crippen LogP contribution in [0, 0.1) is 15.9 Å². The maximum absolute atomic E-state index is 13.3. The quantitative estimate of drug-likeness (QED) is 0.582. The summed E-state index contributed by atoms with van der Waals surface area (Å²) >= 11 is 0. The summed E-state index contributed by atoms with van der Waals surface area (Å²) in [4.78, 5) is 10.3. The van der Waals surface area contributed by atoms with Crippen molar-refractivity contribution in [2.24, 2.45) is 0 Å². The Labute approximate surface area is 150 Å². The molecule has 0 amide bonds. The minimum atomic E-state index is -3.80. The second kappa shape index (κ2) is 7.67. The maximum Gasteiger partial charge on any atom is 0.295 e. The average molecular weight is 383 g/mol. The molecule has 26 heavy (non-hydrogen) atoms. The number of nitro groups is 1. The third-order valence-electron chi connectivity index (χ3n) is 3.44. The van der Waals surface area contributed by atoms with Crippen LogP contribution in [-0.2, 0) is 10.0 Å². The fourth-order valence-corrected chi connectivity index (χ4v) is 3.23. The molecule has 0 aromatic heterocycles. The van der Waals surface area contributed by atoms with Crippen LogP contribution in [0.5, 0.6) is 5.75 Å². The van der Waals surface area contributed by atoms with Crippen LogP contribution in [0.4, 0.5) is 21.5 Å². The van der Waals surface area contributed by atoms with Gasteiger partial charge in [0.1, 0.15) is 22.1 Å². The van der Waals surface area contributed by atoms with E-state index >= 15 is 0 Å². The average Bonchev–Trinajstić information content (AvgIpc) is 2.57. The predicted octanol–water partition coefficient (Wildman–Crippen LogP) is 3.13. The van der Waals surface area contributed by atoms with Gasteiger partial charge in [-0.1, -0.05) is 0 Å². The molecule has 0 saturated carbocycles. The summed E-state index contributed by atoms with van der Waals surface area (Å²) in [6.07, 6.45) is 0. The van der Waals surface area contributed by atoms with Gasteiger partial charge >= 0.3 is 0 Å². The minimum absolute atomic E-state index is 0.0359. The molecule has 0 bridgehead atoms. The highest BCUT2D eigenvalue weighted by molar-refractivity contribution is 7.89. The molecule has 0 radical (unpaired) electrons. The Hall–Kier alpha value is -2.72. The summed E-state index contributed by atoms with van der Waals surface area (Å²) in [6, 6.07) is 7.36. The Morgan fingerprint density at radius 2 is 1.92 bits per heavy atom. The number of nitrogens with zero attached hydrogens (tertiary/aromatic N) is 2. The van der Waals surface area contributed by atoms with Crippen molar-refractivity contribution in [2.45, 2.75) is 11.8 Å². The molecule has 0 atom stereocenters. The van der Waals surface area contributed by atoms with Crippen LogP contribution in [0.2, 0.25) is 0 Å². The monoisotopic (exact) mass is 383 g/mol. The van der Waals surface area contributed by atoms with Crippen molar-refractivity contribution < 1.29 is 22.5 Å². The molecule has 0 spiro atoms. The number of sulfonamides is 1. The van der Waals surface area contributed by atoms with Gasteiger partial charge in [0.25, 0.3) is 5.69 Å². The fourth-order valence-electron chi connectivity index (χ4n) is 2.18. The second-order valence-corrected chi connectivity index (χ2v) is 7.55. The second-order valence-electron chi connectivity index (χ2n) is 5.43. The predicted molar refractivity (Wildman–Crippen MR) is 94.8 cm³/mol. The molecule has 0 unspecified atom stereocenters. The van der Waals surface area contributed by atoms with Gasteiger partial charge in [0.05, 0.1) is 17.6 Å². The van der Waals surface area contributed by atoms with Gasteiger partial charge in [0.2, 0.25) is 10.0 Å². The normalized spacial score (nSPS) is 11.4. The third-order valence-corrected chi connectivity index (χ3v) is 5.27. The Balaban J connectivity index is 2.51. The number of halogens is 1. The van der Waals surface area contributed by atoms with E-state index in [4.69, 9.17) is 4.74 Å². The largest absolute Gasteiger partial charge is 0.492 e. The van der Waals surface area contributed by atoms with E-state index in [0.29, 0.717) is 0 Å². The molecule has 0 fully saturated rings. The van der Waals surface area contributed by atoms with Gasteiger partial charge < -0.3 is 10.1 Å². The third kappa shape index (κ3) is 4.09. The van der Waals surface area contributed by atoms with Crippen molar-refractivity contribution in [3.63, 3.8) is 0 Å². The molecular weight excluding hydrogens is 365 g/mol. The molecule has 2 rings (SSSR count). The topological polar surface area (TPSA) is 102 Å². The molecule has 0 aliphatic carbocycles. The van der Waals surface area contributed by atoms with Gasteiger partial charge in [-0.05, 0) is 37.3 Å². The smallest absolute Gasteiger partial charge is 0.295 e. The summed E-state index contributed by atoms with van der Waals surface area (Å²) in [7, 11) is -1.03. The SMILES string of the molecule is CCOc1ccc(Nc2ccc(F)cc2[N+](=O)[O-])cc1S(=O)(=O)N(C)C. The first-order chi connectivity index (χ1) is 12.2. The van der Waals surface area contributed by atoms with Crippen molar-refractivity contribution in [1.29, 1.82) is 0 Å². The van der Waals surface area contributed by atoms with E-state index in [0.717, 1.165) is 16.4 Å². The van der Waals surface area contributed by atoms with E-state index in [1.54, 1.807) is 6.92 Å².